The van der Waals surface area contributed by atoms with Crippen molar-refractivity contribution in [1.29, 1.82) is 0 Å². The molecule has 0 saturated heterocycles. The summed E-state index contributed by atoms with van der Waals surface area (Å²) in [6.07, 6.45) is 48.3. The Morgan fingerprint density at radius 3 is 1.53 bits per heavy atom. The van der Waals surface area contributed by atoms with E-state index in [0.29, 0.717) is 19.3 Å². The van der Waals surface area contributed by atoms with E-state index in [0.717, 1.165) is 50.9 Å². The largest absolute Gasteiger partial charge is 0.469 e. The summed E-state index contributed by atoms with van der Waals surface area (Å²) in [6.45, 7) is 5.81. The molecule has 0 heterocycles. The molecule has 2 unspecified atom stereocenters. The number of rotatable bonds is 41. The molecule has 10 heteroatoms. The third kappa shape index (κ3) is 43.3. The van der Waals surface area contributed by atoms with Crippen molar-refractivity contribution >= 4 is 19.8 Å². The van der Waals surface area contributed by atoms with Crippen molar-refractivity contribution in [2.45, 2.75) is 213 Å². The second-order valence-electron chi connectivity index (χ2n) is 15.8. The zero-order valence-corrected chi connectivity index (χ0v) is 37.9. The number of esters is 2. The highest BCUT2D eigenvalue weighted by molar-refractivity contribution is 7.46. The number of phosphoric acid groups is 1. The molecule has 3 N–H and O–H groups in total. The maximum atomic E-state index is 12.4. The molecule has 0 aromatic carbocycles. The Kier molecular flexibility index (Phi) is 39.8. The molecule has 3 atom stereocenters. The molecule has 0 aromatic rings. The lowest BCUT2D eigenvalue weighted by Gasteiger charge is -2.18. The Morgan fingerprint density at radius 1 is 0.569 bits per heavy atom. The van der Waals surface area contributed by atoms with Crippen LogP contribution in [0.5, 0.6) is 0 Å². The van der Waals surface area contributed by atoms with E-state index in [4.69, 9.17) is 19.3 Å². The first-order chi connectivity index (χ1) is 28.1. The average molecular weight is 837 g/mol. The van der Waals surface area contributed by atoms with Gasteiger partial charge in [-0.3, -0.25) is 14.1 Å². The number of unbranched alkanes of at least 4 members (excludes halogenated alkanes) is 17. The van der Waals surface area contributed by atoms with Crippen molar-refractivity contribution in [3.8, 4) is 0 Å². The summed E-state index contributed by atoms with van der Waals surface area (Å²) >= 11 is 0. The molecule has 0 spiro atoms. The van der Waals surface area contributed by atoms with E-state index >= 15 is 0 Å². The number of carbonyl (C=O) groups is 2. The van der Waals surface area contributed by atoms with Gasteiger partial charge in [-0.05, 0) is 50.9 Å². The molecular formula is C48H85O9P. The highest BCUT2D eigenvalue weighted by Gasteiger charge is 2.23. The van der Waals surface area contributed by atoms with Gasteiger partial charge in [0.2, 0.25) is 0 Å². The van der Waals surface area contributed by atoms with E-state index in [1.807, 2.05) is 12.2 Å². The first-order valence-corrected chi connectivity index (χ1v) is 24.6. The predicted molar refractivity (Wildman–Crippen MR) is 240 cm³/mol. The molecule has 0 aromatic heterocycles. The maximum Gasteiger partial charge on any atom is 0.469 e. The quantitative estimate of drug-likeness (QED) is 0.0180. The smallest absolute Gasteiger partial charge is 0.462 e. The number of aliphatic hydroxyl groups excluding tert-OH is 1. The summed E-state index contributed by atoms with van der Waals surface area (Å²) < 4.78 is 26.3. The van der Waals surface area contributed by atoms with Crippen LogP contribution in [0.2, 0.25) is 0 Å². The molecule has 0 radical (unpaired) electrons. The highest BCUT2D eigenvalue weighted by Crippen LogP contribution is 2.36. The molecular weight excluding hydrogens is 751 g/mol. The zero-order chi connectivity index (χ0) is 42.8. The van der Waals surface area contributed by atoms with E-state index in [2.05, 4.69) is 61.8 Å². The minimum atomic E-state index is -4.81. The molecule has 0 fully saturated rings. The van der Waals surface area contributed by atoms with Crippen LogP contribution in [0.1, 0.15) is 201 Å². The van der Waals surface area contributed by atoms with Crippen LogP contribution in [0, 0.1) is 5.92 Å². The fourth-order valence-electron chi connectivity index (χ4n) is 6.38. The van der Waals surface area contributed by atoms with E-state index in [-0.39, 0.29) is 19.4 Å². The summed E-state index contributed by atoms with van der Waals surface area (Å²) in [4.78, 5) is 43.0. The van der Waals surface area contributed by atoms with Gasteiger partial charge in [-0.25, -0.2) is 4.57 Å². The number of ether oxygens (including phenoxy) is 2. The molecule has 0 aliphatic rings. The zero-order valence-electron chi connectivity index (χ0n) is 37.0. The minimum Gasteiger partial charge on any atom is -0.462 e. The first kappa shape index (κ1) is 55.7. The van der Waals surface area contributed by atoms with Gasteiger partial charge in [0.15, 0.2) is 6.10 Å². The van der Waals surface area contributed by atoms with Gasteiger partial charge in [-0.2, -0.15) is 0 Å². The molecule has 0 aliphatic heterocycles. The first-order valence-electron chi connectivity index (χ1n) is 23.1. The number of allylic oxidation sites excluding steroid dienone is 9. The van der Waals surface area contributed by atoms with Crippen molar-refractivity contribution < 1.29 is 43.0 Å². The number of hydrogen-bond donors (Lipinski definition) is 3. The number of phosphoric ester groups is 1. The standard InChI is InChI=1S/C48H85O9P/c1-4-6-7-8-9-10-11-18-22-25-28-31-34-38-45(49)39-36-41-48(51)57-46(43-56-58(52,53)54)42-55-47(50)40-35-32-29-26-23-20-17-15-13-12-14-16-19-21-24-27-30-33-37-44(3)5-2/h6-7,9-10,18,22,28,31,34,38,44-46,49H,4-5,8,11-17,19-21,23-27,29-30,32-33,35-37,39-43H2,1-3H3,(H2,52,53,54)/b7-6-,10-9-,22-18-,31-28-,38-34+/t44?,45?,46-/m1/s1. The number of aliphatic hydroxyl groups is 1. The Bertz CT molecular complexity index is 1160. The Hall–Kier alpha value is -2.29. The summed E-state index contributed by atoms with van der Waals surface area (Å²) in [6, 6.07) is 0. The second kappa shape index (κ2) is 41.4. The SMILES string of the molecule is CC/C=C\C/C=C\C/C=C\C/C=C\C=C\C(O)CCCC(=O)O[C@H](COC(=O)CCCCCCCCCCCCCCCCCCCCC(C)CC)COP(=O)(O)O. The number of carbonyl (C=O) groups excluding carboxylic acids is 2. The van der Waals surface area contributed by atoms with E-state index in [9.17, 15) is 19.3 Å². The van der Waals surface area contributed by atoms with Crippen molar-refractivity contribution in [1.82, 2.24) is 0 Å². The lowest BCUT2D eigenvalue weighted by Crippen LogP contribution is -2.29. The summed E-state index contributed by atoms with van der Waals surface area (Å²) in [7, 11) is -4.81. The fraction of sp³-hybridized carbons (Fsp3) is 0.750. The van der Waals surface area contributed by atoms with Crippen molar-refractivity contribution in [2.75, 3.05) is 13.2 Å². The Morgan fingerprint density at radius 2 is 1.03 bits per heavy atom. The van der Waals surface area contributed by atoms with Gasteiger partial charge >= 0.3 is 19.8 Å². The third-order valence-electron chi connectivity index (χ3n) is 10.2. The number of hydrogen-bond acceptors (Lipinski definition) is 7. The molecule has 0 aliphatic carbocycles. The normalized spacial score (nSPS) is 14.1. The van der Waals surface area contributed by atoms with Crippen molar-refractivity contribution in [3.63, 3.8) is 0 Å². The van der Waals surface area contributed by atoms with Gasteiger partial charge < -0.3 is 24.4 Å². The van der Waals surface area contributed by atoms with Crippen LogP contribution in [-0.2, 0) is 28.2 Å². The molecule has 58 heavy (non-hydrogen) atoms. The van der Waals surface area contributed by atoms with Gasteiger partial charge in [0, 0.05) is 12.8 Å². The monoisotopic (exact) mass is 837 g/mol. The Labute approximate surface area is 354 Å². The van der Waals surface area contributed by atoms with Crippen LogP contribution in [-0.4, -0.2) is 52.3 Å². The van der Waals surface area contributed by atoms with Gasteiger partial charge in [0.05, 0.1) is 12.7 Å². The lowest BCUT2D eigenvalue weighted by molar-refractivity contribution is -0.161. The van der Waals surface area contributed by atoms with Crippen LogP contribution in [0.15, 0.2) is 60.8 Å². The summed E-state index contributed by atoms with van der Waals surface area (Å²) in [5, 5.41) is 10.2. The molecule has 9 nitrogen and oxygen atoms in total. The van der Waals surface area contributed by atoms with Gasteiger partial charge in [0.1, 0.15) is 6.61 Å². The highest BCUT2D eigenvalue weighted by atomic mass is 31.2. The van der Waals surface area contributed by atoms with Gasteiger partial charge in [-0.1, -0.05) is 204 Å². The minimum absolute atomic E-state index is 0.0196. The van der Waals surface area contributed by atoms with Gasteiger partial charge in [0.25, 0.3) is 0 Å². The predicted octanol–water partition coefficient (Wildman–Crippen LogP) is 13.3. The average Bonchev–Trinajstić information content (AvgIpc) is 3.19. The Balaban J connectivity index is 4.00. The van der Waals surface area contributed by atoms with Crippen LogP contribution in [0.25, 0.3) is 0 Å². The maximum absolute atomic E-state index is 12.4. The van der Waals surface area contributed by atoms with E-state index in [1.165, 1.54) is 103 Å². The lowest BCUT2D eigenvalue weighted by atomic mass is 9.99. The van der Waals surface area contributed by atoms with Crippen molar-refractivity contribution in [2.24, 2.45) is 5.92 Å². The van der Waals surface area contributed by atoms with Crippen LogP contribution >= 0.6 is 7.82 Å². The molecule has 336 valence electrons. The fourth-order valence-corrected chi connectivity index (χ4v) is 6.74. The topological polar surface area (TPSA) is 140 Å². The molecule has 0 bridgehead atoms. The van der Waals surface area contributed by atoms with E-state index in [1.54, 1.807) is 12.2 Å². The van der Waals surface area contributed by atoms with Crippen LogP contribution in [0.3, 0.4) is 0 Å². The molecule has 0 rings (SSSR count). The van der Waals surface area contributed by atoms with Gasteiger partial charge in [-0.15, -0.1) is 0 Å². The van der Waals surface area contributed by atoms with E-state index < -0.39 is 38.6 Å². The van der Waals surface area contributed by atoms with Crippen LogP contribution < -0.4 is 0 Å². The second-order valence-corrected chi connectivity index (χ2v) is 17.0. The third-order valence-corrected chi connectivity index (χ3v) is 10.7. The van der Waals surface area contributed by atoms with Crippen molar-refractivity contribution in [3.05, 3.63) is 60.8 Å². The molecule has 0 saturated carbocycles. The van der Waals surface area contributed by atoms with Crippen LogP contribution in [0.4, 0.5) is 0 Å². The summed E-state index contributed by atoms with van der Waals surface area (Å²) in [5.74, 6) is -0.192. The summed E-state index contributed by atoms with van der Waals surface area (Å²) in [5.41, 5.74) is 0. The molecule has 0 amide bonds.